The van der Waals surface area contributed by atoms with Gasteiger partial charge in [0, 0.05) is 25.0 Å². The third-order valence-corrected chi connectivity index (χ3v) is 6.14. The van der Waals surface area contributed by atoms with Crippen molar-refractivity contribution < 1.29 is 9.59 Å². The zero-order valence-corrected chi connectivity index (χ0v) is 18.8. The molecule has 1 saturated heterocycles. The number of nitrogens with two attached hydrogens (primary N) is 1. The molecule has 5 N–H and O–H groups in total. The van der Waals surface area contributed by atoms with Crippen molar-refractivity contribution in [2.24, 2.45) is 11.7 Å². The lowest BCUT2D eigenvalue weighted by atomic mass is 9.99. The van der Waals surface area contributed by atoms with Crippen LogP contribution in [-0.2, 0) is 9.59 Å². The molecule has 174 valence electrons. The van der Waals surface area contributed by atoms with Crippen LogP contribution in [0.1, 0.15) is 44.0 Å². The number of hydrogen-bond acceptors (Lipinski definition) is 5. The molecular weight excluding hydrogens is 420 g/mol. The van der Waals surface area contributed by atoms with Crippen molar-refractivity contribution in [1.82, 2.24) is 25.2 Å². The maximum atomic E-state index is 12.7. The summed E-state index contributed by atoms with van der Waals surface area (Å²) in [6.07, 6.45) is 5.04. The first kappa shape index (κ1) is 22.7. The second-order valence-electron chi connectivity index (χ2n) is 8.83. The molecule has 1 aliphatic heterocycles. The number of rotatable bonds is 10. The fourth-order valence-electron chi connectivity index (χ4n) is 4.25. The number of nitrogens with one attached hydrogen (secondary N) is 3. The van der Waals surface area contributed by atoms with Crippen LogP contribution < -0.4 is 16.6 Å². The molecule has 1 aliphatic rings. The van der Waals surface area contributed by atoms with Gasteiger partial charge in [0.1, 0.15) is 5.82 Å². The van der Waals surface area contributed by atoms with Crippen molar-refractivity contribution in [3.05, 3.63) is 52.7 Å². The molecule has 0 radical (unpaired) electrons. The van der Waals surface area contributed by atoms with E-state index in [0.717, 1.165) is 43.3 Å². The standard InChI is InChI=1S/C24H30N6O3/c1-30-13-16(14-30)23(32)29-19(9-3-2-4-10-21(25)31)22-26-12-20(27-22)17-11-15-7-5-6-8-18(15)28-24(17)33/h5-8,11-12,16,19H,2-4,9-10,13-14H2,1H3,(H2,25,31)(H,26,27)(H,28,33)(H,29,32)/t19-/m0/s1. The summed E-state index contributed by atoms with van der Waals surface area (Å²) >= 11 is 0. The predicted octanol–water partition coefficient (Wildman–Crippen LogP) is 2.07. The van der Waals surface area contributed by atoms with Gasteiger partial charge in [0.25, 0.3) is 5.56 Å². The highest BCUT2D eigenvalue weighted by molar-refractivity contribution is 5.83. The number of primary amides is 1. The second kappa shape index (κ2) is 9.99. The lowest BCUT2D eigenvalue weighted by Crippen LogP contribution is -2.52. The molecule has 0 aliphatic carbocycles. The summed E-state index contributed by atoms with van der Waals surface area (Å²) in [5.74, 6) is 0.306. The Bertz CT molecular complexity index is 1190. The molecule has 33 heavy (non-hydrogen) atoms. The first-order chi connectivity index (χ1) is 15.9. The number of aromatic amines is 2. The number of para-hydroxylation sites is 1. The number of imidazole rings is 1. The molecule has 2 aromatic heterocycles. The van der Waals surface area contributed by atoms with E-state index in [1.54, 1.807) is 6.20 Å². The van der Waals surface area contributed by atoms with Gasteiger partial charge in [-0.3, -0.25) is 14.4 Å². The number of likely N-dealkylation sites (tertiary alicyclic amines) is 1. The van der Waals surface area contributed by atoms with Gasteiger partial charge < -0.3 is 25.9 Å². The van der Waals surface area contributed by atoms with Gasteiger partial charge in [-0.25, -0.2) is 4.98 Å². The Hall–Kier alpha value is -3.46. The number of amides is 2. The molecule has 2 amide bonds. The summed E-state index contributed by atoms with van der Waals surface area (Å²) in [6, 6.07) is 9.14. The average molecular weight is 451 g/mol. The number of unbranched alkanes of at least 4 members (excludes halogenated alkanes) is 2. The Morgan fingerprint density at radius 1 is 1.21 bits per heavy atom. The van der Waals surface area contributed by atoms with Crippen molar-refractivity contribution in [3.63, 3.8) is 0 Å². The van der Waals surface area contributed by atoms with Crippen molar-refractivity contribution in [2.45, 2.75) is 38.1 Å². The number of fused-ring (bicyclic) bond motifs is 1. The van der Waals surface area contributed by atoms with Gasteiger partial charge in [-0.2, -0.15) is 0 Å². The van der Waals surface area contributed by atoms with Crippen LogP contribution in [0, 0.1) is 5.92 Å². The molecule has 1 fully saturated rings. The summed E-state index contributed by atoms with van der Waals surface area (Å²) < 4.78 is 0. The van der Waals surface area contributed by atoms with E-state index in [1.165, 1.54) is 0 Å². The predicted molar refractivity (Wildman–Crippen MR) is 126 cm³/mol. The average Bonchev–Trinajstić information content (AvgIpc) is 3.25. The largest absolute Gasteiger partial charge is 0.370 e. The van der Waals surface area contributed by atoms with Crippen LogP contribution in [-0.4, -0.2) is 51.8 Å². The topological polar surface area (TPSA) is 137 Å². The van der Waals surface area contributed by atoms with Gasteiger partial charge in [0.2, 0.25) is 11.8 Å². The first-order valence-electron chi connectivity index (χ1n) is 11.4. The summed E-state index contributed by atoms with van der Waals surface area (Å²) in [6.45, 7) is 1.49. The van der Waals surface area contributed by atoms with E-state index >= 15 is 0 Å². The van der Waals surface area contributed by atoms with Gasteiger partial charge >= 0.3 is 0 Å². The monoisotopic (exact) mass is 450 g/mol. The number of carbonyl (C=O) groups excluding carboxylic acids is 2. The van der Waals surface area contributed by atoms with E-state index in [-0.39, 0.29) is 29.3 Å². The lowest BCUT2D eigenvalue weighted by molar-refractivity contribution is -0.130. The highest BCUT2D eigenvalue weighted by atomic mass is 16.2. The van der Waals surface area contributed by atoms with E-state index < -0.39 is 0 Å². The zero-order chi connectivity index (χ0) is 23.4. The smallest absolute Gasteiger partial charge is 0.257 e. The first-order valence-corrected chi connectivity index (χ1v) is 11.4. The van der Waals surface area contributed by atoms with Crippen LogP contribution in [0.2, 0.25) is 0 Å². The van der Waals surface area contributed by atoms with Crippen LogP contribution in [0.25, 0.3) is 22.2 Å². The van der Waals surface area contributed by atoms with E-state index in [4.69, 9.17) is 5.73 Å². The number of benzene rings is 1. The Morgan fingerprint density at radius 2 is 2.00 bits per heavy atom. The minimum Gasteiger partial charge on any atom is -0.370 e. The number of carbonyl (C=O) groups is 2. The maximum absolute atomic E-state index is 12.7. The molecule has 0 bridgehead atoms. The zero-order valence-electron chi connectivity index (χ0n) is 18.8. The van der Waals surface area contributed by atoms with Gasteiger partial charge in [0.05, 0.1) is 29.4 Å². The number of H-pyrrole nitrogens is 2. The Balaban J connectivity index is 1.51. The lowest BCUT2D eigenvalue weighted by Gasteiger charge is -2.35. The third kappa shape index (κ3) is 5.48. The van der Waals surface area contributed by atoms with Crippen LogP contribution in [0.15, 0.2) is 41.3 Å². The maximum Gasteiger partial charge on any atom is 0.257 e. The molecule has 1 aromatic carbocycles. The van der Waals surface area contributed by atoms with Crippen molar-refractivity contribution >= 4 is 22.7 Å². The summed E-state index contributed by atoms with van der Waals surface area (Å²) in [5, 5.41) is 4.06. The van der Waals surface area contributed by atoms with E-state index in [9.17, 15) is 14.4 Å². The molecule has 9 heteroatoms. The van der Waals surface area contributed by atoms with Crippen molar-refractivity contribution in [1.29, 1.82) is 0 Å². The molecule has 4 rings (SSSR count). The SMILES string of the molecule is CN1CC(C(=O)N[C@@H](CCCCCC(N)=O)c2ncc(-c3cc4ccccc4[nH]c3=O)[nH]2)C1. The van der Waals surface area contributed by atoms with Crippen LogP contribution in [0.3, 0.4) is 0 Å². The molecule has 3 aromatic rings. The number of nitrogens with zero attached hydrogens (tertiary/aromatic N) is 2. The molecule has 3 heterocycles. The molecule has 9 nitrogen and oxygen atoms in total. The van der Waals surface area contributed by atoms with Gasteiger partial charge in [-0.15, -0.1) is 0 Å². The Labute approximate surface area is 191 Å². The second-order valence-corrected chi connectivity index (χ2v) is 8.83. The quantitative estimate of drug-likeness (QED) is 0.351. The van der Waals surface area contributed by atoms with Gasteiger partial charge in [-0.1, -0.05) is 31.0 Å². The van der Waals surface area contributed by atoms with E-state index in [2.05, 4.69) is 25.2 Å². The van der Waals surface area contributed by atoms with Gasteiger partial charge in [-0.05, 0) is 37.4 Å². The molecular formula is C24H30N6O3. The highest BCUT2D eigenvalue weighted by Gasteiger charge is 2.31. The highest BCUT2D eigenvalue weighted by Crippen LogP contribution is 2.24. The fourth-order valence-corrected chi connectivity index (χ4v) is 4.25. The molecule has 0 saturated carbocycles. The van der Waals surface area contributed by atoms with Crippen molar-refractivity contribution in [3.8, 4) is 11.3 Å². The number of hydrogen-bond donors (Lipinski definition) is 4. The molecule has 0 spiro atoms. The third-order valence-electron chi connectivity index (χ3n) is 6.14. The van der Waals surface area contributed by atoms with E-state index in [0.29, 0.717) is 29.9 Å². The number of pyridine rings is 1. The van der Waals surface area contributed by atoms with E-state index in [1.807, 2.05) is 37.4 Å². The minimum absolute atomic E-state index is 0.0109. The molecule has 1 atom stereocenters. The minimum atomic E-state index is -0.301. The van der Waals surface area contributed by atoms with Crippen LogP contribution in [0.4, 0.5) is 0 Å². The summed E-state index contributed by atoms with van der Waals surface area (Å²) in [5.41, 5.74) is 6.90. The van der Waals surface area contributed by atoms with Gasteiger partial charge in [0.15, 0.2) is 0 Å². The fraction of sp³-hybridized carbons (Fsp3) is 0.417. The normalized spacial score (nSPS) is 15.3. The van der Waals surface area contributed by atoms with Crippen LogP contribution in [0.5, 0.6) is 0 Å². The number of aromatic nitrogens is 3. The summed E-state index contributed by atoms with van der Waals surface area (Å²) in [4.78, 5) is 49.1. The van der Waals surface area contributed by atoms with Crippen LogP contribution >= 0.6 is 0 Å². The molecule has 0 unspecified atom stereocenters. The Morgan fingerprint density at radius 3 is 2.76 bits per heavy atom. The Kier molecular flexibility index (Phi) is 6.88. The summed E-state index contributed by atoms with van der Waals surface area (Å²) in [7, 11) is 1.99. The van der Waals surface area contributed by atoms with Crippen molar-refractivity contribution in [2.75, 3.05) is 20.1 Å².